The molecule has 0 aliphatic carbocycles. The van der Waals surface area contributed by atoms with Gasteiger partial charge in [-0.2, -0.15) is 0 Å². The third-order valence-electron chi connectivity index (χ3n) is 7.14. The van der Waals surface area contributed by atoms with Crippen molar-refractivity contribution in [3.8, 4) is 0 Å². The van der Waals surface area contributed by atoms with E-state index in [0.717, 1.165) is 75.7 Å². The molecular formula is C24H37N5O2. The summed E-state index contributed by atoms with van der Waals surface area (Å²) in [7, 11) is 0. The average molecular weight is 428 g/mol. The highest BCUT2D eigenvalue weighted by Gasteiger charge is 2.28. The van der Waals surface area contributed by atoms with Crippen LogP contribution in [0.3, 0.4) is 0 Å². The molecule has 2 fully saturated rings. The second-order valence-electron chi connectivity index (χ2n) is 9.25. The zero-order valence-corrected chi connectivity index (χ0v) is 19.2. The van der Waals surface area contributed by atoms with Gasteiger partial charge in [0.15, 0.2) is 0 Å². The van der Waals surface area contributed by atoms with Gasteiger partial charge in [-0.1, -0.05) is 13.8 Å². The van der Waals surface area contributed by atoms with Crippen LogP contribution in [0.25, 0.3) is 0 Å². The van der Waals surface area contributed by atoms with Gasteiger partial charge in [0.05, 0.1) is 11.4 Å². The number of carbonyl (C=O) groups is 2. The summed E-state index contributed by atoms with van der Waals surface area (Å²) in [4.78, 5) is 40.8. The summed E-state index contributed by atoms with van der Waals surface area (Å²) in [6, 6.07) is 0. The highest BCUT2D eigenvalue weighted by Crippen LogP contribution is 2.28. The van der Waals surface area contributed by atoms with Gasteiger partial charge in [-0.3, -0.25) is 9.59 Å². The van der Waals surface area contributed by atoms with Crippen LogP contribution >= 0.6 is 0 Å². The molecule has 7 nitrogen and oxygen atoms in total. The molecule has 4 heterocycles. The van der Waals surface area contributed by atoms with Gasteiger partial charge in [0.2, 0.25) is 17.8 Å². The first kappa shape index (κ1) is 22.0. The van der Waals surface area contributed by atoms with Gasteiger partial charge >= 0.3 is 0 Å². The van der Waals surface area contributed by atoms with Gasteiger partial charge in [-0.15, -0.1) is 0 Å². The molecule has 4 rings (SSSR count). The molecule has 0 bridgehead atoms. The predicted octanol–water partition coefficient (Wildman–Crippen LogP) is 2.95. The quantitative estimate of drug-likeness (QED) is 0.698. The summed E-state index contributed by atoms with van der Waals surface area (Å²) in [6.07, 6.45) is 8.58. The molecule has 2 amide bonds. The number of aromatic nitrogens is 2. The smallest absolute Gasteiger partial charge is 0.225 e. The number of aryl methyl sites for hydroxylation is 1. The van der Waals surface area contributed by atoms with Crippen LogP contribution < -0.4 is 4.90 Å². The van der Waals surface area contributed by atoms with Gasteiger partial charge < -0.3 is 14.7 Å². The van der Waals surface area contributed by atoms with Gasteiger partial charge in [-0.25, -0.2) is 9.97 Å². The van der Waals surface area contributed by atoms with Crippen LogP contribution in [0.15, 0.2) is 0 Å². The van der Waals surface area contributed by atoms with Gasteiger partial charge in [0, 0.05) is 64.1 Å². The molecule has 7 heteroatoms. The van der Waals surface area contributed by atoms with Crippen LogP contribution in [-0.4, -0.2) is 64.3 Å². The minimum Gasteiger partial charge on any atom is -0.342 e. The van der Waals surface area contributed by atoms with Crippen LogP contribution in [0, 0.1) is 5.92 Å². The third kappa shape index (κ3) is 5.01. The largest absolute Gasteiger partial charge is 0.342 e. The van der Waals surface area contributed by atoms with E-state index in [2.05, 4.69) is 4.90 Å². The molecule has 0 N–H and O–H groups in total. The molecule has 1 aromatic rings. The summed E-state index contributed by atoms with van der Waals surface area (Å²) >= 11 is 0. The average Bonchev–Trinajstić information content (AvgIpc) is 3.36. The Labute approximate surface area is 186 Å². The number of fused-ring (bicyclic) bond motifs is 1. The lowest BCUT2D eigenvalue weighted by Crippen LogP contribution is -2.40. The second kappa shape index (κ2) is 9.96. The van der Waals surface area contributed by atoms with E-state index in [1.807, 2.05) is 23.6 Å². The molecule has 0 spiro atoms. The molecule has 1 aromatic heterocycles. The van der Waals surface area contributed by atoms with E-state index >= 15 is 0 Å². The van der Waals surface area contributed by atoms with Crippen LogP contribution in [0.1, 0.15) is 75.7 Å². The lowest BCUT2D eigenvalue weighted by Gasteiger charge is -2.33. The summed E-state index contributed by atoms with van der Waals surface area (Å²) < 4.78 is 0. The van der Waals surface area contributed by atoms with Crippen molar-refractivity contribution in [2.24, 2.45) is 5.92 Å². The zero-order chi connectivity index (χ0) is 21.8. The minimum atomic E-state index is 0.209. The maximum Gasteiger partial charge on any atom is 0.225 e. The SMILES string of the molecule is CCC(=O)N1CCc2nc(N3CCCC3)nc(CC[C@@H]3CCCN(C(=O)CC)C3)c2C1. The van der Waals surface area contributed by atoms with Crippen molar-refractivity contribution < 1.29 is 9.59 Å². The first-order valence-electron chi connectivity index (χ1n) is 12.3. The summed E-state index contributed by atoms with van der Waals surface area (Å²) in [6.45, 7) is 9.12. The van der Waals surface area contributed by atoms with E-state index in [-0.39, 0.29) is 11.8 Å². The molecule has 3 aliphatic heterocycles. The Balaban J connectivity index is 1.52. The van der Waals surface area contributed by atoms with Crippen molar-refractivity contribution >= 4 is 17.8 Å². The molecule has 31 heavy (non-hydrogen) atoms. The van der Waals surface area contributed by atoms with Crippen LogP contribution in [0.2, 0.25) is 0 Å². The lowest BCUT2D eigenvalue weighted by molar-refractivity contribution is -0.133. The molecule has 1 atom stereocenters. The number of amides is 2. The number of hydrogen-bond acceptors (Lipinski definition) is 5. The number of anilines is 1. The molecule has 2 saturated heterocycles. The number of nitrogens with zero attached hydrogens (tertiary/aromatic N) is 5. The Morgan fingerprint density at radius 3 is 2.42 bits per heavy atom. The fourth-order valence-corrected chi connectivity index (χ4v) is 5.26. The Morgan fingerprint density at radius 1 is 0.935 bits per heavy atom. The van der Waals surface area contributed by atoms with Gasteiger partial charge in [-0.05, 0) is 44.4 Å². The van der Waals surface area contributed by atoms with Gasteiger partial charge in [0.25, 0.3) is 0 Å². The minimum absolute atomic E-state index is 0.209. The van der Waals surface area contributed by atoms with Crippen molar-refractivity contribution in [1.82, 2.24) is 19.8 Å². The molecule has 0 unspecified atom stereocenters. The molecule has 3 aliphatic rings. The van der Waals surface area contributed by atoms with Crippen molar-refractivity contribution in [1.29, 1.82) is 0 Å². The summed E-state index contributed by atoms with van der Waals surface area (Å²) in [5.41, 5.74) is 3.44. The molecule has 0 radical (unpaired) electrons. The highest BCUT2D eigenvalue weighted by molar-refractivity contribution is 5.76. The third-order valence-corrected chi connectivity index (χ3v) is 7.14. The first-order chi connectivity index (χ1) is 15.1. The maximum absolute atomic E-state index is 12.3. The number of hydrogen-bond donors (Lipinski definition) is 0. The van der Waals surface area contributed by atoms with E-state index in [1.54, 1.807) is 0 Å². The Bertz CT molecular complexity index is 805. The van der Waals surface area contributed by atoms with Crippen molar-refractivity contribution in [3.05, 3.63) is 17.0 Å². The Hall–Kier alpha value is -2.18. The molecule has 170 valence electrons. The van der Waals surface area contributed by atoms with E-state index in [4.69, 9.17) is 9.97 Å². The van der Waals surface area contributed by atoms with Crippen LogP contribution in [0.5, 0.6) is 0 Å². The van der Waals surface area contributed by atoms with Crippen LogP contribution in [0.4, 0.5) is 5.95 Å². The van der Waals surface area contributed by atoms with E-state index in [1.165, 1.54) is 24.8 Å². The van der Waals surface area contributed by atoms with E-state index < -0.39 is 0 Å². The predicted molar refractivity (Wildman–Crippen MR) is 121 cm³/mol. The molecule has 0 aromatic carbocycles. The topological polar surface area (TPSA) is 69.6 Å². The maximum atomic E-state index is 12.3. The van der Waals surface area contributed by atoms with Gasteiger partial charge in [0.1, 0.15) is 0 Å². The first-order valence-corrected chi connectivity index (χ1v) is 12.3. The fourth-order valence-electron chi connectivity index (χ4n) is 5.26. The zero-order valence-electron chi connectivity index (χ0n) is 19.2. The van der Waals surface area contributed by atoms with Crippen LogP contribution in [-0.2, 0) is 29.0 Å². The molecular weight excluding hydrogens is 390 g/mol. The number of piperidine rings is 1. The number of carbonyl (C=O) groups excluding carboxylic acids is 2. The summed E-state index contributed by atoms with van der Waals surface area (Å²) in [5, 5.41) is 0. The normalized spacial score (nSPS) is 21.4. The standard InChI is InChI=1S/C24H37N5O2/c1-3-22(30)28-14-7-8-18(16-28)9-10-20-19-17-29(23(31)4-2)15-11-21(19)26-24(25-20)27-12-5-6-13-27/h18H,3-17H2,1-2H3/t18-/m0/s1. The monoisotopic (exact) mass is 427 g/mol. The van der Waals surface area contributed by atoms with Crippen molar-refractivity contribution in [2.45, 2.75) is 78.2 Å². The van der Waals surface area contributed by atoms with Crippen molar-refractivity contribution in [2.75, 3.05) is 37.6 Å². The Morgan fingerprint density at radius 2 is 1.68 bits per heavy atom. The fraction of sp³-hybridized carbons (Fsp3) is 0.750. The molecule has 0 saturated carbocycles. The number of rotatable bonds is 6. The van der Waals surface area contributed by atoms with Crippen molar-refractivity contribution in [3.63, 3.8) is 0 Å². The Kier molecular flexibility index (Phi) is 7.08. The number of likely N-dealkylation sites (tertiary alicyclic amines) is 1. The van der Waals surface area contributed by atoms with E-state index in [0.29, 0.717) is 25.3 Å². The summed E-state index contributed by atoms with van der Waals surface area (Å²) in [5.74, 6) is 1.89. The van der Waals surface area contributed by atoms with E-state index in [9.17, 15) is 9.59 Å². The highest BCUT2D eigenvalue weighted by atomic mass is 16.2. The lowest BCUT2D eigenvalue weighted by atomic mass is 9.91. The second-order valence-corrected chi connectivity index (χ2v) is 9.25.